The number of halogens is 1. The van der Waals surface area contributed by atoms with E-state index in [9.17, 15) is 5.11 Å². The van der Waals surface area contributed by atoms with Gasteiger partial charge < -0.3 is 5.11 Å². The van der Waals surface area contributed by atoms with Crippen molar-refractivity contribution in [3.8, 4) is 5.75 Å². The third kappa shape index (κ3) is 2.89. The third-order valence-corrected chi connectivity index (χ3v) is 7.63. The summed E-state index contributed by atoms with van der Waals surface area (Å²) in [6.45, 7) is 4.92. The van der Waals surface area contributed by atoms with E-state index in [-0.39, 0.29) is 17.8 Å². The first kappa shape index (κ1) is 18.8. The van der Waals surface area contributed by atoms with Crippen molar-refractivity contribution >= 4 is 12.4 Å². The summed E-state index contributed by atoms with van der Waals surface area (Å²) in [6.07, 6.45) is 6.54. The summed E-state index contributed by atoms with van der Waals surface area (Å²) in [7, 11) is 0. The molecule has 1 saturated carbocycles. The van der Waals surface area contributed by atoms with E-state index in [1.807, 2.05) is 6.07 Å². The normalized spacial score (nSPS) is 30.1. The maximum Gasteiger partial charge on any atom is 0.115 e. The van der Waals surface area contributed by atoms with E-state index in [0.29, 0.717) is 17.7 Å². The Morgan fingerprint density at radius 3 is 2.59 bits per heavy atom. The van der Waals surface area contributed by atoms with Crippen LogP contribution in [0.2, 0.25) is 0 Å². The van der Waals surface area contributed by atoms with Gasteiger partial charge in [0.15, 0.2) is 0 Å². The second kappa shape index (κ2) is 7.14. The topological polar surface area (TPSA) is 23.5 Å². The standard InChI is InChI=1S/C24H29NO.ClH/c1-17-23-14-19-10-11-21(26)15-22(19)24(17,20-8-3-2-4-9-20)12-13-25(23)16-18-6-5-7-18;/h2-4,8-11,15,17-18,23,26H,5-7,12-14,16H2,1H3;1H. The van der Waals surface area contributed by atoms with Crippen LogP contribution in [0.5, 0.6) is 5.75 Å². The van der Waals surface area contributed by atoms with Crippen molar-refractivity contribution in [1.29, 1.82) is 0 Å². The molecule has 27 heavy (non-hydrogen) atoms. The molecule has 2 bridgehead atoms. The Hall–Kier alpha value is -1.51. The van der Waals surface area contributed by atoms with Crippen LogP contribution in [0.1, 0.15) is 49.3 Å². The molecule has 0 radical (unpaired) electrons. The number of hydrogen-bond acceptors (Lipinski definition) is 2. The molecule has 0 aromatic heterocycles. The Morgan fingerprint density at radius 1 is 1.11 bits per heavy atom. The summed E-state index contributed by atoms with van der Waals surface area (Å²) in [5, 5.41) is 10.2. The highest BCUT2D eigenvalue weighted by atomic mass is 35.5. The van der Waals surface area contributed by atoms with Gasteiger partial charge in [-0.05, 0) is 72.9 Å². The van der Waals surface area contributed by atoms with E-state index >= 15 is 0 Å². The first-order valence-corrected chi connectivity index (χ1v) is 10.3. The second-order valence-corrected chi connectivity index (χ2v) is 8.78. The summed E-state index contributed by atoms with van der Waals surface area (Å²) in [6, 6.07) is 17.8. The third-order valence-electron chi connectivity index (χ3n) is 7.63. The molecule has 3 atom stereocenters. The summed E-state index contributed by atoms with van der Waals surface area (Å²) in [5.41, 5.74) is 4.27. The number of aromatic hydroxyl groups is 1. The molecular formula is C24H30ClNO. The van der Waals surface area contributed by atoms with Gasteiger partial charge >= 0.3 is 0 Å². The zero-order chi connectivity index (χ0) is 17.7. The molecule has 1 saturated heterocycles. The number of fused-ring (bicyclic) bond motifs is 4. The first-order valence-electron chi connectivity index (χ1n) is 10.3. The lowest BCUT2D eigenvalue weighted by Gasteiger charge is -2.57. The Bertz CT molecular complexity index is 803. The van der Waals surface area contributed by atoms with Crippen molar-refractivity contribution in [2.45, 2.75) is 50.5 Å². The molecule has 0 spiro atoms. The number of phenols is 1. The van der Waals surface area contributed by atoms with Crippen LogP contribution < -0.4 is 0 Å². The molecule has 1 aliphatic heterocycles. The number of nitrogens with zero attached hydrogens (tertiary/aromatic N) is 1. The number of likely N-dealkylation sites (tertiary alicyclic amines) is 1. The van der Waals surface area contributed by atoms with Gasteiger partial charge in [-0.3, -0.25) is 4.90 Å². The molecule has 1 heterocycles. The molecule has 3 heteroatoms. The van der Waals surface area contributed by atoms with Crippen LogP contribution in [0.15, 0.2) is 48.5 Å². The monoisotopic (exact) mass is 383 g/mol. The molecule has 1 N–H and O–H groups in total. The molecular weight excluding hydrogens is 354 g/mol. The van der Waals surface area contributed by atoms with E-state index in [0.717, 1.165) is 18.8 Å². The SMILES string of the molecule is CC1C2Cc3ccc(O)cc3C1(c1ccccc1)CCN2CC1CCC1.Cl. The van der Waals surface area contributed by atoms with Crippen molar-refractivity contribution in [3.05, 3.63) is 65.2 Å². The Morgan fingerprint density at radius 2 is 1.89 bits per heavy atom. The van der Waals surface area contributed by atoms with Crippen LogP contribution in [0, 0.1) is 11.8 Å². The van der Waals surface area contributed by atoms with Gasteiger partial charge in [0, 0.05) is 18.0 Å². The van der Waals surface area contributed by atoms with Gasteiger partial charge in [0.1, 0.15) is 5.75 Å². The van der Waals surface area contributed by atoms with E-state index in [2.05, 4.69) is 54.3 Å². The molecule has 2 aromatic carbocycles. The average molecular weight is 384 g/mol. The number of rotatable bonds is 3. The van der Waals surface area contributed by atoms with Gasteiger partial charge in [0.05, 0.1) is 0 Å². The second-order valence-electron chi connectivity index (χ2n) is 8.78. The highest BCUT2D eigenvalue weighted by Gasteiger charge is 2.52. The van der Waals surface area contributed by atoms with Crippen LogP contribution in [0.3, 0.4) is 0 Å². The summed E-state index contributed by atoms with van der Waals surface area (Å²) < 4.78 is 0. The molecule has 2 aliphatic carbocycles. The molecule has 3 aliphatic rings. The van der Waals surface area contributed by atoms with Crippen LogP contribution in [-0.4, -0.2) is 29.1 Å². The average Bonchev–Trinajstić information content (AvgIpc) is 2.62. The van der Waals surface area contributed by atoms with E-state index < -0.39 is 0 Å². The number of benzene rings is 2. The number of phenolic OH excluding ortho intramolecular Hbond substituents is 1. The van der Waals surface area contributed by atoms with Gasteiger partial charge in [-0.1, -0.05) is 49.7 Å². The Balaban J connectivity index is 0.00000180. The van der Waals surface area contributed by atoms with Gasteiger partial charge in [-0.25, -0.2) is 0 Å². The van der Waals surface area contributed by atoms with Gasteiger partial charge in [0.2, 0.25) is 0 Å². The predicted octanol–water partition coefficient (Wildman–Crippen LogP) is 5.17. The van der Waals surface area contributed by atoms with Crippen molar-refractivity contribution in [3.63, 3.8) is 0 Å². The lowest BCUT2D eigenvalue weighted by molar-refractivity contribution is 0.0200. The van der Waals surface area contributed by atoms with Crippen molar-refractivity contribution in [2.24, 2.45) is 11.8 Å². The highest BCUT2D eigenvalue weighted by molar-refractivity contribution is 5.85. The smallest absolute Gasteiger partial charge is 0.115 e. The van der Waals surface area contributed by atoms with Crippen LogP contribution in [0.4, 0.5) is 0 Å². The molecule has 2 fully saturated rings. The maximum absolute atomic E-state index is 10.2. The number of hydrogen-bond donors (Lipinski definition) is 1. The number of piperidine rings is 1. The zero-order valence-electron chi connectivity index (χ0n) is 16.1. The fourth-order valence-electron chi connectivity index (χ4n) is 5.96. The summed E-state index contributed by atoms with van der Waals surface area (Å²) >= 11 is 0. The molecule has 0 amide bonds. The lowest BCUT2D eigenvalue weighted by Crippen LogP contribution is -2.60. The van der Waals surface area contributed by atoms with E-state index in [1.165, 1.54) is 49.0 Å². The highest BCUT2D eigenvalue weighted by Crippen LogP contribution is 2.53. The molecule has 144 valence electrons. The van der Waals surface area contributed by atoms with E-state index in [1.54, 1.807) is 0 Å². The minimum atomic E-state index is 0. The van der Waals surface area contributed by atoms with Gasteiger partial charge in [-0.2, -0.15) is 0 Å². The Kier molecular flexibility index (Phi) is 4.98. The zero-order valence-corrected chi connectivity index (χ0v) is 16.9. The van der Waals surface area contributed by atoms with Crippen molar-refractivity contribution in [1.82, 2.24) is 4.90 Å². The van der Waals surface area contributed by atoms with Crippen molar-refractivity contribution in [2.75, 3.05) is 13.1 Å². The summed E-state index contributed by atoms with van der Waals surface area (Å²) in [5.74, 6) is 1.89. The lowest BCUT2D eigenvalue weighted by atomic mass is 9.55. The molecule has 2 nitrogen and oxygen atoms in total. The molecule has 2 aromatic rings. The van der Waals surface area contributed by atoms with Crippen LogP contribution >= 0.6 is 12.4 Å². The van der Waals surface area contributed by atoms with E-state index in [4.69, 9.17) is 0 Å². The minimum Gasteiger partial charge on any atom is -0.508 e. The predicted molar refractivity (Wildman–Crippen MR) is 113 cm³/mol. The molecule has 3 unspecified atom stereocenters. The first-order chi connectivity index (χ1) is 12.7. The van der Waals surface area contributed by atoms with Gasteiger partial charge in [-0.15, -0.1) is 12.4 Å². The Labute approximate surface area is 169 Å². The fraction of sp³-hybridized carbons (Fsp3) is 0.500. The minimum absolute atomic E-state index is 0. The molecule has 5 rings (SSSR count). The quantitative estimate of drug-likeness (QED) is 0.790. The van der Waals surface area contributed by atoms with Gasteiger partial charge in [0.25, 0.3) is 0 Å². The largest absolute Gasteiger partial charge is 0.508 e. The maximum atomic E-state index is 10.2. The van der Waals surface area contributed by atoms with Crippen molar-refractivity contribution < 1.29 is 5.11 Å². The van der Waals surface area contributed by atoms with Crippen LogP contribution in [0.25, 0.3) is 0 Å². The summed E-state index contributed by atoms with van der Waals surface area (Å²) in [4.78, 5) is 2.80. The van der Waals surface area contributed by atoms with Crippen LogP contribution in [-0.2, 0) is 11.8 Å². The fourth-order valence-corrected chi connectivity index (χ4v) is 5.96.